The lowest BCUT2D eigenvalue weighted by Crippen LogP contribution is -2.06. The van der Waals surface area contributed by atoms with Gasteiger partial charge in [-0.15, -0.1) is 0 Å². The summed E-state index contributed by atoms with van der Waals surface area (Å²) in [5.74, 6) is 0.994. The third-order valence-electron chi connectivity index (χ3n) is 2.00. The zero-order chi connectivity index (χ0) is 8.91. The Kier molecular flexibility index (Phi) is 4.91. The predicted octanol–water partition coefficient (Wildman–Crippen LogP) is 3.69. The van der Waals surface area contributed by atoms with E-state index in [0.717, 1.165) is 5.75 Å². The lowest BCUT2D eigenvalue weighted by molar-refractivity contribution is 0.501. The Hall–Kier alpha value is 0.0900. The Morgan fingerprint density at radius 1 is 1.36 bits per heavy atom. The minimum atomic E-state index is 0.344. The van der Waals surface area contributed by atoms with Gasteiger partial charge in [-0.1, -0.05) is 32.4 Å². The molecule has 0 radical (unpaired) electrons. The van der Waals surface area contributed by atoms with Gasteiger partial charge < -0.3 is 0 Å². The lowest BCUT2D eigenvalue weighted by atomic mass is 9.87. The molecule has 0 saturated heterocycles. The largest absolute Gasteiger partial charge is 0.179 e. The van der Waals surface area contributed by atoms with Crippen LogP contribution in [0.5, 0.6) is 0 Å². The van der Waals surface area contributed by atoms with Crippen LogP contribution < -0.4 is 0 Å². The second kappa shape index (κ2) is 4.87. The fourth-order valence-electron chi connectivity index (χ4n) is 0.716. The van der Waals surface area contributed by atoms with Gasteiger partial charge in [0.1, 0.15) is 0 Å². The maximum Gasteiger partial charge on any atom is -0.00950 e. The quantitative estimate of drug-likeness (QED) is 0.375. The molecule has 1 heteroatoms. The molecule has 0 nitrogen and oxygen atoms in total. The van der Waals surface area contributed by atoms with Crippen molar-refractivity contribution in [2.24, 2.45) is 5.41 Å². The zero-order valence-corrected chi connectivity index (χ0v) is 9.04. The fourth-order valence-corrected chi connectivity index (χ4v) is 0.899. The van der Waals surface area contributed by atoms with Crippen molar-refractivity contribution in [3.05, 3.63) is 11.6 Å². The maximum atomic E-state index is 4.17. The van der Waals surface area contributed by atoms with E-state index in [2.05, 4.69) is 46.4 Å². The maximum absolute atomic E-state index is 4.17. The molecular weight excluding hydrogens is 152 g/mol. The van der Waals surface area contributed by atoms with Crippen LogP contribution in [0.3, 0.4) is 0 Å². The zero-order valence-electron chi connectivity index (χ0n) is 8.15. The van der Waals surface area contributed by atoms with Gasteiger partial charge in [0.15, 0.2) is 0 Å². The highest BCUT2D eigenvalue weighted by Gasteiger charge is 2.10. The van der Waals surface area contributed by atoms with Gasteiger partial charge in [-0.2, -0.15) is 12.6 Å². The van der Waals surface area contributed by atoms with Crippen molar-refractivity contribution in [3.8, 4) is 0 Å². The predicted molar refractivity (Wildman–Crippen MR) is 56.3 cm³/mol. The van der Waals surface area contributed by atoms with Crippen molar-refractivity contribution < 1.29 is 0 Å². The number of hydrogen-bond donors (Lipinski definition) is 1. The Labute approximate surface area is 76.5 Å². The van der Waals surface area contributed by atoms with E-state index in [1.165, 1.54) is 18.4 Å². The highest BCUT2D eigenvalue weighted by atomic mass is 32.1. The molecule has 0 aromatic rings. The Morgan fingerprint density at radius 2 is 1.91 bits per heavy atom. The first-order valence-electron chi connectivity index (χ1n) is 4.26. The molecule has 0 rings (SSSR count). The van der Waals surface area contributed by atoms with E-state index >= 15 is 0 Å². The Morgan fingerprint density at radius 3 is 2.27 bits per heavy atom. The van der Waals surface area contributed by atoms with Crippen LogP contribution in [0.4, 0.5) is 0 Å². The summed E-state index contributed by atoms with van der Waals surface area (Å²) < 4.78 is 0. The number of thiol groups is 1. The standard InChI is InChI=1S/C10H20S/c1-9(10(2,3)4)7-5-6-8-11/h7,11H,5-6,8H2,1-4H3/b9-7+. The van der Waals surface area contributed by atoms with Crippen LogP contribution in [-0.2, 0) is 0 Å². The molecule has 0 saturated carbocycles. The second-order valence-electron chi connectivity index (χ2n) is 4.00. The van der Waals surface area contributed by atoms with Crippen molar-refractivity contribution in [1.82, 2.24) is 0 Å². The van der Waals surface area contributed by atoms with E-state index in [4.69, 9.17) is 0 Å². The highest BCUT2D eigenvalue weighted by molar-refractivity contribution is 7.80. The van der Waals surface area contributed by atoms with Gasteiger partial charge in [0.05, 0.1) is 0 Å². The summed E-state index contributed by atoms with van der Waals surface area (Å²) in [6, 6.07) is 0. The van der Waals surface area contributed by atoms with E-state index in [0.29, 0.717) is 5.41 Å². The van der Waals surface area contributed by atoms with Gasteiger partial charge in [0.25, 0.3) is 0 Å². The van der Waals surface area contributed by atoms with Gasteiger partial charge in [-0.3, -0.25) is 0 Å². The summed E-state index contributed by atoms with van der Waals surface area (Å²) in [4.78, 5) is 0. The molecule has 0 heterocycles. The number of hydrogen-bond acceptors (Lipinski definition) is 1. The van der Waals surface area contributed by atoms with Gasteiger partial charge in [0, 0.05) is 0 Å². The lowest BCUT2D eigenvalue weighted by Gasteiger charge is -2.19. The smallest absolute Gasteiger partial charge is 0.00950 e. The Balaban J connectivity index is 3.81. The summed E-state index contributed by atoms with van der Waals surface area (Å²) in [5, 5.41) is 0. The van der Waals surface area contributed by atoms with E-state index < -0.39 is 0 Å². The van der Waals surface area contributed by atoms with Crippen molar-refractivity contribution >= 4 is 12.6 Å². The average Bonchev–Trinajstić information content (AvgIpc) is 1.86. The van der Waals surface area contributed by atoms with E-state index in [9.17, 15) is 0 Å². The van der Waals surface area contributed by atoms with Crippen LogP contribution in [-0.4, -0.2) is 5.75 Å². The first-order valence-corrected chi connectivity index (χ1v) is 4.90. The molecular formula is C10H20S. The molecule has 0 aliphatic carbocycles. The number of rotatable bonds is 3. The number of allylic oxidation sites excluding steroid dienone is 2. The summed E-state index contributed by atoms with van der Waals surface area (Å²) in [6.45, 7) is 8.96. The molecule has 0 aliphatic rings. The van der Waals surface area contributed by atoms with Crippen LogP contribution in [0.25, 0.3) is 0 Å². The molecule has 66 valence electrons. The van der Waals surface area contributed by atoms with Crippen LogP contribution in [0.1, 0.15) is 40.5 Å². The minimum absolute atomic E-state index is 0.344. The monoisotopic (exact) mass is 172 g/mol. The minimum Gasteiger partial charge on any atom is -0.179 e. The van der Waals surface area contributed by atoms with Crippen molar-refractivity contribution in [1.29, 1.82) is 0 Å². The topological polar surface area (TPSA) is 0 Å². The van der Waals surface area contributed by atoms with Crippen LogP contribution in [0.15, 0.2) is 11.6 Å². The third-order valence-corrected chi connectivity index (χ3v) is 2.31. The van der Waals surface area contributed by atoms with Crippen molar-refractivity contribution in [2.75, 3.05) is 5.75 Å². The van der Waals surface area contributed by atoms with Gasteiger partial charge in [-0.25, -0.2) is 0 Å². The fraction of sp³-hybridized carbons (Fsp3) is 0.800. The van der Waals surface area contributed by atoms with Gasteiger partial charge in [0.2, 0.25) is 0 Å². The second-order valence-corrected chi connectivity index (χ2v) is 4.45. The molecule has 0 unspecified atom stereocenters. The van der Waals surface area contributed by atoms with Crippen molar-refractivity contribution in [2.45, 2.75) is 40.5 Å². The average molecular weight is 172 g/mol. The van der Waals surface area contributed by atoms with Gasteiger partial charge in [-0.05, 0) is 30.9 Å². The summed E-state index contributed by atoms with van der Waals surface area (Å²) in [6.07, 6.45) is 4.69. The van der Waals surface area contributed by atoms with Gasteiger partial charge >= 0.3 is 0 Å². The Bertz CT molecular complexity index is 128. The van der Waals surface area contributed by atoms with Crippen LogP contribution >= 0.6 is 12.6 Å². The molecule has 0 N–H and O–H groups in total. The summed E-state index contributed by atoms with van der Waals surface area (Å²) in [5.41, 5.74) is 1.83. The summed E-state index contributed by atoms with van der Waals surface area (Å²) >= 11 is 4.17. The van der Waals surface area contributed by atoms with E-state index in [-0.39, 0.29) is 0 Å². The molecule has 0 spiro atoms. The van der Waals surface area contributed by atoms with E-state index in [1.54, 1.807) is 0 Å². The SMILES string of the molecule is C/C(=C\CCCS)C(C)(C)C. The summed E-state index contributed by atoms with van der Waals surface area (Å²) in [7, 11) is 0. The highest BCUT2D eigenvalue weighted by Crippen LogP contribution is 2.24. The molecule has 0 amide bonds. The van der Waals surface area contributed by atoms with Crippen molar-refractivity contribution in [3.63, 3.8) is 0 Å². The molecule has 0 atom stereocenters. The molecule has 0 aromatic carbocycles. The first kappa shape index (κ1) is 11.1. The molecule has 0 fully saturated rings. The first-order chi connectivity index (χ1) is 4.98. The van der Waals surface area contributed by atoms with Crippen LogP contribution in [0, 0.1) is 5.41 Å². The third kappa shape index (κ3) is 5.37. The van der Waals surface area contributed by atoms with Crippen LogP contribution in [0.2, 0.25) is 0 Å². The normalized spacial score (nSPS) is 13.7. The molecule has 0 aromatic heterocycles. The molecule has 11 heavy (non-hydrogen) atoms. The number of unbranched alkanes of at least 4 members (excludes halogenated alkanes) is 1. The molecule has 0 aliphatic heterocycles. The van der Waals surface area contributed by atoms with E-state index in [1.807, 2.05) is 0 Å². The molecule has 0 bridgehead atoms.